The second-order valence-corrected chi connectivity index (χ2v) is 7.80. The van der Waals surface area contributed by atoms with Crippen molar-refractivity contribution in [2.75, 3.05) is 25.7 Å². The van der Waals surface area contributed by atoms with E-state index >= 15 is 0 Å². The molecule has 7 nitrogen and oxygen atoms in total. The molecule has 0 aromatic heterocycles. The molecule has 0 spiro atoms. The SMILES string of the molecule is CCSCC[C@@H]([As])C(O)C(=O)NNC(=O)c1ccc(OC)c(OC)c1. The van der Waals surface area contributed by atoms with Gasteiger partial charge in [0, 0.05) is 0 Å². The van der Waals surface area contributed by atoms with E-state index < -0.39 is 17.9 Å². The summed E-state index contributed by atoms with van der Waals surface area (Å²) in [5, 5.41) is 9.99. The first-order valence-corrected chi connectivity index (χ1v) is 9.94. The maximum absolute atomic E-state index is 12.1. The first-order valence-electron chi connectivity index (χ1n) is 7.70. The van der Waals surface area contributed by atoms with Crippen LogP contribution in [0.15, 0.2) is 18.2 Å². The number of hydrogen-bond acceptors (Lipinski definition) is 6. The van der Waals surface area contributed by atoms with E-state index in [2.05, 4.69) is 34.6 Å². The first kappa shape index (κ1) is 21.7. The summed E-state index contributed by atoms with van der Waals surface area (Å²) in [7, 11) is 2.96. The molecule has 0 bridgehead atoms. The van der Waals surface area contributed by atoms with E-state index in [4.69, 9.17) is 9.47 Å². The van der Waals surface area contributed by atoms with Gasteiger partial charge in [-0.2, -0.15) is 0 Å². The van der Waals surface area contributed by atoms with Gasteiger partial charge in [-0.05, 0) is 0 Å². The number of ether oxygens (including phenoxy) is 2. The third-order valence-electron chi connectivity index (χ3n) is 3.34. The summed E-state index contributed by atoms with van der Waals surface area (Å²) in [6.45, 7) is 2.05. The zero-order valence-electron chi connectivity index (χ0n) is 14.4. The van der Waals surface area contributed by atoms with Gasteiger partial charge in [0.2, 0.25) is 0 Å². The number of rotatable bonds is 9. The fraction of sp³-hybridized carbons (Fsp3) is 0.500. The third kappa shape index (κ3) is 6.80. The number of methoxy groups -OCH3 is 2. The van der Waals surface area contributed by atoms with E-state index in [1.165, 1.54) is 20.3 Å². The summed E-state index contributed by atoms with van der Waals surface area (Å²) in [6, 6.07) is 4.63. The number of nitrogens with one attached hydrogen (secondary N) is 2. The number of hydrazine groups is 1. The normalized spacial score (nSPS) is 12.8. The Morgan fingerprint density at radius 3 is 2.52 bits per heavy atom. The average Bonchev–Trinajstić information content (AvgIpc) is 2.64. The van der Waals surface area contributed by atoms with Crippen LogP contribution in [-0.4, -0.2) is 65.6 Å². The molecule has 9 heteroatoms. The van der Waals surface area contributed by atoms with Crippen LogP contribution in [0.2, 0.25) is 4.71 Å². The van der Waals surface area contributed by atoms with Crippen LogP contribution < -0.4 is 20.3 Å². The molecule has 2 amide bonds. The molecular formula is C16H23AsN2O5S. The number of aliphatic hydroxyl groups is 1. The van der Waals surface area contributed by atoms with Crippen molar-refractivity contribution in [1.82, 2.24) is 10.9 Å². The molecule has 1 aromatic rings. The van der Waals surface area contributed by atoms with Gasteiger partial charge >= 0.3 is 161 Å². The van der Waals surface area contributed by atoms with Crippen LogP contribution in [0.5, 0.6) is 11.5 Å². The van der Waals surface area contributed by atoms with Crippen LogP contribution in [0.3, 0.4) is 0 Å². The quantitative estimate of drug-likeness (QED) is 0.306. The van der Waals surface area contributed by atoms with Gasteiger partial charge < -0.3 is 0 Å². The second-order valence-electron chi connectivity index (χ2n) is 5.01. The van der Waals surface area contributed by atoms with Gasteiger partial charge in [-0.15, -0.1) is 0 Å². The molecule has 1 unspecified atom stereocenters. The zero-order valence-corrected chi connectivity index (χ0v) is 17.1. The Balaban J connectivity index is 2.56. The van der Waals surface area contributed by atoms with Crippen molar-refractivity contribution in [2.45, 2.75) is 24.2 Å². The Labute approximate surface area is 160 Å². The van der Waals surface area contributed by atoms with Crippen molar-refractivity contribution in [1.29, 1.82) is 0 Å². The molecule has 0 aliphatic carbocycles. The monoisotopic (exact) mass is 430 g/mol. The molecule has 0 aliphatic heterocycles. The van der Waals surface area contributed by atoms with Gasteiger partial charge in [0.15, 0.2) is 0 Å². The van der Waals surface area contributed by atoms with E-state index in [0.717, 1.165) is 11.5 Å². The van der Waals surface area contributed by atoms with E-state index in [1.54, 1.807) is 23.9 Å². The summed E-state index contributed by atoms with van der Waals surface area (Å²) in [5.74, 6) is 1.57. The van der Waals surface area contributed by atoms with Crippen molar-refractivity contribution in [3.8, 4) is 11.5 Å². The van der Waals surface area contributed by atoms with E-state index in [-0.39, 0.29) is 10.3 Å². The van der Waals surface area contributed by atoms with E-state index in [0.29, 0.717) is 17.9 Å². The molecule has 138 valence electrons. The van der Waals surface area contributed by atoms with Crippen molar-refractivity contribution in [2.24, 2.45) is 0 Å². The Bertz CT molecular complexity index is 588. The van der Waals surface area contributed by atoms with E-state index in [1.807, 2.05) is 0 Å². The molecular weight excluding hydrogens is 407 g/mol. The molecule has 0 saturated carbocycles. The van der Waals surface area contributed by atoms with E-state index in [9.17, 15) is 14.7 Å². The first-order chi connectivity index (χ1) is 11.9. The minimum atomic E-state index is -1.21. The van der Waals surface area contributed by atoms with Gasteiger partial charge in [0.1, 0.15) is 0 Å². The van der Waals surface area contributed by atoms with Crippen molar-refractivity contribution in [3.05, 3.63) is 23.8 Å². The maximum atomic E-state index is 12.1. The van der Waals surface area contributed by atoms with Crippen LogP contribution in [0, 0.1) is 0 Å². The molecule has 0 fully saturated rings. The fourth-order valence-corrected chi connectivity index (χ4v) is 3.57. The van der Waals surface area contributed by atoms with Gasteiger partial charge in [-0.1, -0.05) is 0 Å². The Morgan fingerprint density at radius 1 is 1.24 bits per heavy atom. The number of amides is 2. The topological polar surface area (TPSA) is 96.9 Å². The van der Waals surface area contributed by atoms with Crippen molar-refractivity contribution in [3.63, 3.8) is 0 Å². The van der Waals surface area contributed by atoms with Crippen LogP contribution in [0.4, 0.5) is 0 Å². The number of hydrogen-bond donors (Lipinski definition) is 3. The summed E-state index contributed by atoms with van der Waals surface area (Å²) in [6.07, 6.45) is -0.514. The number of benzene rings is 1. The number of carbonyl (C=O) groups excluding carboxylic acids is 2. The predicted molar refractivity (Wildman–Crippen MR) is 98.3 cm³/mol. The molecule has 25 heavy (non-hydrogen) atoms. The van der Waals surface area contributed by atoms with Gasteiger partial charge in [0.25, 0.3) is 0 Å². The van der Waals surface area contributed by atoms with Crippen molar-refractivity contribution < 1.29 is 24.2 Å². The van der Waals surface area contributed by atoms with Crippen LogP contribution in [-0.2, 0) is 4.79 Å². The predicted octanol–water partition coefficient (Wildman–Crippen LogP) is 0.926. The Kier molecular flexibility index (Phi) is 9.78. The number of aliphatic hydroxyl groups excluding tert-OH is 1. The molecule has 1 aromatic carbocycles. The second kappa shape index (κ2) is 11.3. The molecule has 1 rings (SSSR count). The third-order valence-corrected chi connectivity index (χ3v) is 5.41. The molecule has 2 radical (unpaired) electrons. The van der Waals surface area contributed by atoms with Crippen LogP contribution in [0.25, 0.3) is 0 Å². The number of carbonyl (C=O) groups is 2. The summed E-state index contributed by atoms with van der Waals surface area (Å²) in [5.41, 5.74) is 4.81. The number of thioether (sulfide) groups is 1. The Morgan fingerprint density at radius 2 is 1.92 bits per heavy atom. The molecule has 2 atom stereocenters. The fourth-order valence-electron chi connectivity index (χ4n) is 1.92. The summed E-state index contributed by atoms with van der Waals surface area (Å²) < 4.78 is 9.98. The Hall–Kier alpha value is -1.37. The van der Waals surface area contributed by atoms with Gasteiger partial charge in [-0.25, -0.2) is 0 Å². The minimum absolute atomic E-state index is 0.260. The summed E-state index contributed by atoms with van der Waals surface area (Å²) in [4.78, 5) is 24.0. The van der Waals surface area contributed by atoms with Gasteiger partial charge in [0.05, 0.1) is 0 Å². The zero-order chi connectivity index (χ0) is 18.8. The van der Waals surface area contributed by atoms with Gasteiger partial charge in [-0.3, -0.25) is 0 Å². The van der Waals surface area contributed by atoms with Crippen LogP contribution >= 0.6 is 11.8 Å². The molecule has 0 aliphatic rings. The standard InChI is InChI=1S/C16H23AsN2O5S/c1-4-25-8-7-11(17)14(20)16(22)19-18-15(21)10-5-6-12(23-2)13(9-10)24-3/h5-6,9,11,14,20H,4,7-8H2,1-3H3,(H,18,21)(H,19,22)/t11-,14?/m1/s1. The average molecular weight is 430 g/mol. The van der Waals surface area contributed by atoms with Crippen molar-refractivity contribution >= 4 is 40.4 Å². The molecule has 0 saturated heterocycles. The van der Waals surface area contributed by atoms with Crippen LogP contribution in [0.1, 0.15) is 23.7 Å². The molecule has 3 N–H and O–H groups in total. The molecule has 0 heterocycles. The summed E-state index contributed by atoms with van der Waals surface area (Å²) >= 11 is 4.04.